The maximum absolute atomic E-state index is 6.11. The van der Waals surface area contributed by atoms with Crippen LogP contribution < -0.4 is 10.6 Å². The molecule has 1 saturated carbocycles. The molecule has 4 nitrogen and oxygen atoms in total. The number of nitrogens with zero attached hydrogens (tertiary/aromatic N) is 3. The summed E-state index contributed by atoms with van der Waals surface area (Å²) in [4.78, 5) is 11.6. The van der Waals surface area contributed by atoms with Crippen molar-refractivity contribution in [3.8, 4) is 0 Å². The minimum absolute atomic E-state index is 0.557. The molecule has 0 atom stereocenters. The minimum Gasteiger partial charge on any atom is -0.381 e. The Bertz CT molecular complexity index is 577. The van der Waals surface area contributed by atoms with Gasteiger partial charge in [0.25, 0.3) is 0 Å². The van der Waals surface area contributed by atoms with Gasteiger partial charge in [-0.25, -0.2) is 9.97 Å². The van der Waals surface area contributed by atoms with Crippen LogP contribution in [0.2, 0.25) is 0 Å². The predicted octanol–water partition coefficient (Wildman–Crippen LogP) is 2.98. The quantitative estimate of drug-likeness (QED) is 0.893. The Balaban J connectivity index is 1.99. The standard InChI is InChI=1S/C15H20N4/c1-2-3-10-19(11-8-9-11)15-14(16)17-12-6-4-5-7-13(12)18-15/h4-7,11H,2-3,8-10H2,1H3,(H2,16,17). The molecule has 0 radical (unpaired) electrons. The lowest BCUT2D eigenvalue weighted by atomic mass is 10.2. The second kappa shape index (κ2) is 5.03. The maximum atomic E-state index is 6.11. The van der Waals surface area contributed by atoms with Gasteiger partial charge >= 0.3 is 0 Å². The molecular formula is C15H20N4. The Labute approximate surface area is 113 Å². The average Bonchev–Trinajstić information content (AvgIpc) is 3.24. The average molecular weight is 256 g/mol. The summed E-state index contributed by atoms with van der Waals surface area (Å²) < 4.78 is 0. The number of fused-ring (bicyclic) bond motifs is 1. The fourth-order valence-electron chi connectivity index (χ4n) is 2.39. The Morgan fingerprint density at radius 2 is 1.89 bits per heavy atom. The van der Waals surface area contributed by atoms with Gasteiger partial charge < -0.3 is 10.6 Å². The topological polar surface area (TPSA) is 55.0 Å². The number of nitrogens with two attached hydrogens (primary N) is 1. The number of hydrogen-bond acceptors (Lipinski definition) is 4. The van der Waals surface area contributed by atoms with E-state index in [0.717, 1.165) is 23.4 Å². The summed E-state index contributed by atoms with van der Waals surface area (Å²) in [5.74, 6) is 1.43. The van der Waals surface area contributed by atoms with Crippen LogP contribution in [0.5, 0.6) is 0 Å². The normalized spacial score (nSPS) is 14.8. The molecular weight excluding hydrogens is 236 g/mol. The third-order valence-corrected chi connectivity index (χ3v) is 3.59. The molecule has 3 rings (SSSR count). The molecule has 1 aliphatic rings. The van der Waals surface area contributed by atoms with Gasteiger partial charge in [-0.3, -0.25) is 0 Å². The van der Waals surface area contributed by atoms with Crippen molar-refractivity contribution < 1.29 is 0 Å². The molecule has 0 bridgehead atoms. The molecule has 0 spiro atoms. The summed E-state index contributed by atoms with van der Waals surface area (Å²) in [6.45, 7) is 3.24. The van der Waals surface area contributed by atoms with E-state index in [-0.39, 0.29) is 0 Å². The van der Waals surface area contributed by atoms with E-state index in [2.05, 4.69) is 16.8 Å². The first-order valence-corrected chi connectivity index (χ1v) is 7.08. The molecule has 2 N–H and O–H groups in total. The van der Waals surface area contributed by atoms with E-state index >= 15 is 0 Å². The molecule has 1 aliphatic carbocycles. The number of aromatic nitrogens is 2. The monoisotopic (exact) mass is 256 g/mol. The van der Waals surface area contributed by atoms with E-state index in [1.54, 1.807) is 0 Å². The zero-order valence-electron chi connectivity index (χ0n) is 11.3. The Kier molecular flexibility index (Phi) is 3.23. The van der Waals surface area contributed by atoms with Gasteiger partial charge in [0.1, 0.15) is 0 Å². The van der Waals surface area contributed by atoms with Crippen molar-refractivity contribution in [2.45, 2.75) is 38.6 Å². The summed E-state index contributed by atoms with van der Waals surface area (Å²) in [6.07, 6.45) is 4.85. The smallest absolute Gasteiger partial charge is 0.172 e. The molecule has 1 aromatic heterocycles. The van der Waals surface area contributed by atoms with Crippen LogP contribution >= 0.6 is 0 Å². The lowest BCUT2D eigenvalue weighted by Crippen LogP contribution is -2.29. The summed E-state index contributed by atoms with van der Waals surface area (Å²) in [5.41, 5.74) is 7.90. The van der Waals surface area contributed by atoms with Crippen molar-refractivity contribution in [2.75, 3.05) is 17.2 Å². The van der Waals surface area contributed by atoms with Gasteiger partial charge in [0, 0.05) is 12.6 Å². The van der Waals surface area contributed by atoms with Crippen LogP contribution in [0.25, 0.3) is 11.0 Å². The largest absolute Gasteiger partial charge is 0.381 e. The Morgan fingerprint density at radius 1 is 1.21 bits per heavy atom. The first-order chi connectivity index (χ1) is 9.29. The highest BCUT2D eigenvalue weighted by atomic mass is 15.3. The SMILES string of the molecule is CCCCN(c1nc2ccccc2nc1N)C1CC1. The lowest BCUT2D eigenvalue weighted by Gasteiger charge is -2.24. The van der Waals surface area contributed by atoms with Crippen LogP contribution in [-0.2, 0) is 0 Å². The van der Waals surface area contributed by atoms with E-state index in [1.165, 1.54) is 25.7 Å². The second-order valence-electron chi connectivity index (χ2n) is 5.20. The van der Waals surface area contributed by atoms with E-state index in [0.29, 0.717) is 11.9 Å². The van der Waals surface area contributed by atoms with Crippen LogP contribution in [0.4, 0.5) is 11.6 Å². The minimum atomic E-state index is 0.557. The van der Waals surface area contributed by atoms with E-state index in [9.17, 15) is 0 Å². The van der Waals surface area contributed by atoms with Gasteiger partial charge in [0.05, 0.1) is 11.0 Å². The number of unbranched alkanes of at least 4 members (excludes halogenated alkanes) is 1. The molecule has 1 aromatic carbocycles. The highest BCUT2D eigenvalue weighted by Gasteiger charge is 2.31. The van der Waals surface area contributed by atoms with E-state index in [4.69, 9.17) is 10.7 Å². The van der Waals surface area contributed by atoms with Gasteiger partial charge in [-0.15, -0.1) is 0 Å². The number of benzene rings is 1. The van der Waals surface area contributed by atoms with Crippen LogP contribution in [-0.4, -0.2) is 22.6 Å². The molecule has 0 aliphatic heterocycles. The van der Waals surface area contributed by atoms with Gasteiger partial charge in [-0.05, 0) is 31.4 Å². The summed E-state index contributed by atoms with van der Waals surface area (Å²) in [7, 11) is 0. The zero-order valence-corrected chi connectivity index (χ0v) is 11.3. The predicted molar refractivity (Wildman–Crippen MR) is 79.2 cm³/mol. The van der Waals surface area contributed by atoms with Crippen LogP contribution in [0, 0.1) is 0 Å². The fourth-order valence-corrected chi connectivity index (χ4v) is 2.39. The maximum Gasteiger partial charge on any atom is 0.172 e. The van der Waals surface area contributed by atoms with Gasteiger partial charge in [0.2, 0.25) is 0 Å². The van der Waals surface area contributed by atoms with Gasteiger partial charge in [-0.2, -0.15) is 0 Å². The highest BCUT2D eigenvalue weighted by molar-refractivity contribution is 5.79. The zero-order chi connectivity index (χ0) is 13.2. The first kappa shape index (κ1) is 12.2. The van der Waals surface area contributed by atoms with Crippen LogP contribution in [0.1, 0.15) is 32.6 Å². The van der Waals surface area contributed by atoms with Crippen molar-refractivity contribution in [1.82, 2.24) is 9.97 Å². The second-order valence-corrected chi connectivity index (χ2v) is 5.20. The van der Waals surface area contributed by atoms with E-state index in [1.807, 2.05) is 24.3 Å². The third kappa shape index (κ3) is 2.48. The molecule has 1 fully saturated rings. The highest BCUT2D eigenvalue weighted by Crippen LogP contribution is 2.33. The summed E-state index contributed by atoms with van der Waals surface area (Å²) in [5, 5.41) is 0. The molecule has 0 saturated heterocycles. The lowest BCUT2D eigenvalue weighted by molar-refractivity contribution is 0.706. The van der Waals surface area contributed by atoms with Crippen molar-refractivity contribution in [1.29, 1.82) is 0 Å². The third-order valence-electron chi connectivity index (χ3n) is 3.59. The first-order valence-electron chi connectivity index (χ1n) is 7.08. The van der Waals surface area contributed by atoms with Crippen molar-refractivity contribution in [3.05, 3.63) is 24.3 Å². The van der Waals surface area contributed by atoms with Gasteiger partial charge in [0.15, 0.2) is 11.6 Å². The number of anilines is 2. The molecule has 0 unspecified atom stereocenters. The van der Waals surface area contributed by atoms with E-state index < -0.39 is 0 Å². The van der Waals surface area contributed by atoms with Crippen molar-refractivity contribution in [2.24, 2.45) is 0 Å². The van der Waals surface area contributed by atoms with Crippen molar-refractivity contribution in [3.63, 3.8) is 0 Å². The summed E-state index contributed by atoms with van der Waals surface area (Å²) >= 11 is 0. The van der Waals surface area contributed by atoms with Gasteiger partial charge in [-0.1, -0.05) is 25.5 Å². The van der Waals surface area contributed by atoms with Crippen LogP contribution in [0.15, 0.2) is 24.3 Å². The molecule has 100 valence electrons. The number of nitrogen functional groups attached to an aromatic ring is 1. The molecule has 0 amide bonds. The molecule has 4 heteroatoms. The Morgan fingerprint density at radius 3 is 2.53 bits per heavy atom. The summed E-state index contributed by atoms with van der Waals surface area (Å²) in [6, 6.07) is 8.52. The molecule has 19 heavy (non-hydrogen) atoms. The molecule has 2 aromatic rings. The van der Waals surface area contributed by atoms with Crippen LogP contribution in [0.3, 0.4) is 0 Å². The Hall–Kier alpha value is -1.84. The fraction of sp³-hybridized carbons (Fsp3) is 0.467. The number of para-hydroxylation sites is 2. The molecule has 1 heterocycles. The number of rotatable bonds is 5. The van der Waals surface area contributed by atoms with Crippen molar-refractivity contribution >= 4 is 22.7 Å². The number of hydrogen-bond donors (Lipinski definition) is 1.